The molecule has 3 rings (SSSR count). The number of benzene rings is 1. The van der Waals surface area contributed by atoms with Crippen LogP contribution >= 0.6 is 0 Å². The minimum atomic E-state index is -3.55. The molecule has 0 saturated carbocycles. The standard InChI is InChI=1S/C17H17FN4O2S/c1-22-17(16-4-2-3-9-19-16)10-15(21-22)11-20-25(23,24)12-13-5-7-14(18)8-6-13/h2-10,20H,11-12H2,1H3. The lowest BCUT2D eigenvalue weighted by Gasteiger charge is -2.05. The minimum absolute atomic E-state index is 0.0736. The van der Waals surface area contributed by atoms with E-state index in [-0.39, 0.29) is 12.3 Å². The average molecular weight is 360 g/mol. The summed E-state index contributed by atoms with van der Waals surface area (Å²) < 4.78 is 41.4. The number of pyridine rings is 1. The van der Waals surface area contributed by atoms with Gasteiger partial charge in [0.1, 0.15) is 5.82 Å². The van der Waals surface area contributed by atoms with Crippen molar-refractivity contribution in [3.05, 3.63) is 71.8 Å². The van der Waals surface area contributed by atoms with Gasteiger partial charge in [-0.05, 0) is 35.9 Å². The molecule has 2 heterocycles. The van der Waals surface area contributed by atoms with Crippen molar-refractivity contribution in [2.45, 2.75) is 12.3 Å². The third kappa shape index (κ3) is 4.49. The Morgan fingerprint density at radius 2 is 1.92 bits per heavy atom. The fourth-order valence-corrected chi connectivity index (χ4v) is 3.50. The second kappa shape index (κ2) is 7.12. The van der Waals surface area contributed by atoms with Gasteiger partial charge < -0.3 is 0 Å². The van der Waals surface area contributed by atoms with Crippen LogP contribution in [0, 0.1) is 5.82 Å². The Balaban J connectivity index is 1.68. The lowest BCUT2D eigenvalue weighted by molar-refractivity contribution is 0.578. The van der Waals surface area contributed by atoms with Crippen molar-refractivity contribution in [1.82, 2.24) is 19.5 Å². The first-order valence-electron chi connectivity index (χ1n) is 7.59. The van der Waals surface area contributed by atoms with Crippen LogP contribution in [0.5, 0.6) is 0 Å². The summed E-state index contributed by atoms with van der Waals surface area (Å²) in [5.41, 5.74) is 2.67. The van der Waals surface area contributed by atoms with Crippen LogP contribution in [-0.2, 0) is 29.4 Å². The van der Waals surface area contributed by atoms with Gasteiger partial charge in [0, 0.05) is 13.2 Å². The molecule has 3 aromatic rings. The van der Waals surface area contributed by atoms with Gasteiger partial charge >= 0.3 is 0 Å². The van der Waals surface area contributed by atoms with Crippen LogP contribution < -0.4 is 4.72 Å². The van der Waals surface area contributed by atoms with Crippen molar-refractivity contribution >= 4 is 10.0 Å². The minimum Gasteiger partial charge on any atom is -0.266 e. The lowest BCUT2D eigenvalue weighted by atomic mass is 10.2. The van der Waals surface area contributed by atoms with Crippen molar-refractivity contribution in [2.24, 2.45) is 7.05 Å². The first-order chi connectivity index (χ1) is 11.9. The molecule has 0 unspecified atom stereocenters. The van der Waals surface area contributed by atoms with Crippen LogP contribution in [0.15, 0.2) is 54.7 Å². The quantitative estimate of drug-likeness (QED) is 0.731. The van der Waals surface area contributed by atoms with Crippen molar-refractivity contribution in [1.29, 1.82) is 0 Å². The predicted molar refractivity (Wildman–Crippen MR) is 92.3 cm³/mol. The molecule has 1 N–H and O–H groups in total. The van der Waals surface area contributed by atoms with Crippen LogP contribution in [0.2, 0.25) is 0 Å². The lowest BCUT2D eigenvalue weighted by Crippen LogP contribution is -2.25. The number of halogens is 1. The van der Waals surface area contributed by atoms with Crippen molar-refractivity contribution < 1.29 is 12.8 Å². The number of nitrogens with one attached hydrogen (secondary N) is 1. The summed E-state index contributed by atoms with van der Waals surface area (Å²) in [7, 11) is -1.77. The first kappa shape index (κ1) is 17.2. The van der Waals surface area contributed by atoms with E-state index in [9.17, 15) is 12.8 Å². The van der Waals surface area contributed by atoms with Gasteiger partial charge in [0.15, 0.2) is 0 Å². The third-order valence-corrected chi connectivity index (χ3v) is 4.90. The first-order valence-corrected chi connectivity index (χ1v) is 9.24. The van der Waals surface area contributed by atoms with Crippen molar-refractivity contribution in [2.75, 3.05) is 0 Å². The molecule has 0 aliphatic carbocycles. The maximum absolute atomic E-state index is 12.9. The average Bonchev–Trinajstić information content (AvgIpc) is 2.97. The highest BCUT2D eigenvalue weighted by Crippen LogP contribution is 2.17. The number of hydrogen-bond donors (Lipinski definition) is 1. The number of aryl methyl sites for hydroxylation is 1. The summed E-state index contributed by atoms with van der Waals surface area (Å²) in [6.07, 6.45) is 1.69. The number of hydrogen-bond acceptors (Lipinski definition) is 4. The van der Waals surface area contributed by atoms with E-state index in [4.69, 9.17) is 0 Å². The molecule has 0 amide bonds. The molecule has 25 heavy (non-hydrogen) atoms. The monoisotopic (exact) mass is 360 g/mol. The van der Waals surface area contributed by atoms with E-state index in [1.165, 1.54) is 24.3 Å². The molecule has 0 spiro atoms. The second-order valence-corrected chi connectivity index (χ2v) is 7.37. The molecule has 6 nitrogen and oxygen atoms in total. The van der Waals surface area contributed by atoms with E-state index in [0.717, 1.165) is 11.4 Å². The second-order valence-electron chi connectivity index (χ2n) is 5.57. The number of sulfonamides is 1. The molecular weight excluding hydrogens is 343 g/mol. The summed E-state index contributed by atoms with van der Waals surface area (Å²) in [5, 5.41) is 4.31. The summed E-state index contributed by atoms with van der Waals surface area (Å²) in [4.78, 5) is 4.26. The zero-order valence-corrected chi connectivity index (χ0v) is 14.4. The third-order valence-electron chi connectivity index (χ3n) is 3.60. The highest BCUT2D eigenvalue weighted by atomic mass is 32.2. The molecule has 0 radical (unpaired) electrons. The zero-order valence-electron chi connectivity index (χ0n) is 13.6. The summed E-state index contributed by atoms with van der Waals surface area (Å²) in [6, 6.07) is 12.7. The zero-order chi connectivity index (χ0) is 17.9. The molecule has 8 heteroatoms. The van der Waals surface area contributed by atoms with Crippen LogP contribution in [-0.4, -0.2) is 23.2 Å². The van der Waals surface area contributed by atoms with E-state index >= 15 is 0 Å². The van der Waals surface area contributed by atoms with E-state index in [2.05, 4.69) is 14.8 Å². The highest BCUT2D eigenvalue weighted by Gasteiger charge is 2.14. The number of nitrogens with zero attached hydrogens (tertiary/aromatic N) is 3. The maximum atomic E-state index is 12.9. The Kier molecular flexibility index (Phi) is 4.91. The highest BCUT2D eigenvalue weighted by molar-refractivity contribution is 7.88. The number of rotatable bonds is 6. The Hall–Kier alpha value is -2.58. The number of aromatic nitrogens is 3. The summed E-state index contributed by atoms with van der Waals surface area (Å²) in [5.74, 6) is -0.614. The van der Waals surface area contributed by atoms with Crippen LogP contribution in [0.25, 0.3) is 11.4 Å². The SMILES string of the molecule is Cn1nc(CNS(=O)(=O)Cc2ccc(F)cc2)cc1-c1ccccn1. The molecule has 0 fully saturated rings. The Morgan fingerprint density at radius 1 is 1.16 bits per heavy atom. The smallest absolute Gasteiger partial charge is 0.216 e. The van der Waals surface area contributed by atoms with E-state index in [0.29, 0.717) is 11.3 Å². The van der Waals surface area contributed by atoms with Gasteiger partial charge in [-0.15, -0.1) is 0 Å². The fraction of sp³-hybridized carbons (Fsp3) is 0.176. The molecule has 2 aromatic heterocycles. The van der Waals surface area contributed by atoms with Gasteiger partial charge in [0.25, 0.3) is 0 Å². The predicted octanol–water partition coefficient (Wildman–Crippen LogP) is 2.24. The maximum Gasteiger partial charge on any atom is 0.216 e. The normalized spacial score (nSPS) is 11.6. The van der Waals surface area contributed by atoms with Crippen LogP contribution in [0.1, 0.15) is 11.3 Å². The van der Waals surface area contributed by atoms with Crippen molar-refractivity contribution in [3.8, 4) is 11.4 Å². The Bertz CT molecular complexity index is 954. The van der Waals surface area contributed by atoms with Gasteiger partial charge in [-0.1, -0.05) is 18.2 Å². The van der Waals surface area contributed by atoms with Gasteiger partial charge in [-0.3, -0.25) is 9.67 Å². The summed E-state index contributed by atoms with van der Waals surface area (Å²) >= 11 is 0. The van der Waals surface area contributed by atoms with E-state index in [1.807, 2.05) is 18.2 Å². The van der Waals surface area contributed by atoms with Crippen LogP contribution in [0.4, 0.5) is 4.39 Å². The molecule has 0 saturated heterocycles. The van der Waals surface area contributed by atoms with Gasteiger partial charge in [0.05, 0.1) is 29.4 Å². The largest absolute Gasteiger partial charge is 0.266 e. The topological polar surface area (TPSA) is 76.9 Å². The molecule has 1 aromatic carbocycles. The van der Waals surface area contributed by atoms with Gasteiger partial charge in [-0.2, -0.15) is 5.10 Å². The van der Waals surface area contributed by atoms with Crippen molar-refractivity contribution in [3.63, 3.8) is 0 Å². The van der Waals surface area contributed by atoms with Gasteiger partial charge in [-0.25, -0.2) is 17.5 Å². The molecule has 130 valence electrons. The Morgan fingerprint density at radius 3 is 2.60 bits per heavy atom. The van der Waals surface area contributed by atoms with E-state index in [1.54, 1.807) is 24.0 Å². The molecule has 0 atom stereocenters. The van der Waals surface area contributed by atoms with E-state index < -0.39 is 15.8 Å². The fourth-order valence-electron chi connectivity index (χ4n) is 2.40. The molecule has 0 aliphatic rings. The van der Waals surface area contributed by atoms with Gasteiger partial charge in [0.2, 0.25) is 10.0 Å². The molecular formula is C17H17FN4O2S. The molecule has 0 bridgehead atoms. The molecule has 0 aliphatic heterocycles. The summed E-state index contributed by atoms with van der Waals surface area (Å²) in [6.45, 7) is 0.0736. The van der Waals surface area contributed by atoms with Crippen LogP contribution in [0.3, 0.4) is 0 Å². The Labute approximate surface area is 145 Å².